The van der Waals surface area contributed by atoms with E-state index in [1.807, 2.05) is 4.57 Å². The molecule has 3 aromatic rings. The van der Waals surface area contributed by atoms with Crippen molar-refractivity contribution in [2.75, 3.05) is 11.5 Å². The van der Waals surface area contributed by atoms with Gasteiger partial charge in [0, 0.05) is 25.4 Å². The minimum absolute atomic E-state index is 0.153. The highest BCUT2D eigenvalue weighted by Gasteiger charge is 2.10. The van der Waals surface area contributed by atoms with Crippen LogP contribution in [0.15, 0.2) is 18.7 Å². The number of hydrogen-bond acceptors (Lipinski definition) is 6. The van der Waals surface area contributed by atoms with Crippen LogP contribution in [-0.4, -0.2) is 29.5 Å². The molecule has 3 aromatic heterocycles. The zero-order valence-electron chi connectivity index (χ0n) is 9.54. The zero-order chi connectivity index (χ0) is 12.5. The van der Waals surface area contributed by atoms with Crippen LogP contribution in [0.1, 0.15) is 5.82 Å². The molecule has 0 unspecified atom stereocenters. The lowest BCUT2D eigenvalue weighted by molar-refractivity contribution is 0.688. The van der Waals surface area contributed by atoms with Crippen molar-refractivity contribution in [2.45, 2.75) is 13.0 Å². The first-order valence-corrected chi connectivity index (χ1v) is 5.46. The Kier molecular flexibility index (Phi) is 2.33. The van der Waals surface area contributed by atoms with E-state index in [-0.39, 0.29) is 5.95 Å². The molecule has 0 spiro atoms. The fourth-order valence-corrected chi connectivity index (χ4v) is 1.81. The SMILES string of the molecule is Nc1nc(N)c2ncn(CCc3ncc[nH]3)c2n1. The van der Waals surface area contributed by atoms with E-state index < -0.39 is 0 Å². The molecule has 3 rings (SSSR count). The molecule has 18 heavy (non-hydrogen) atoms. The van der Waals surface area contributed by atoms with Gasteiger partial charge in [-0.15, -0.1) is 0 Å². The molecule has 0 aromatic carbocycles. The van der Waals surface area contributed by atoms with Gasteiger partial charge in [0.2, 0.25) is 5.95 Å². The molecular formula is C10H12N8. The van der Waals surface area contributed by atoms with Crippen LogP contribution in [0.3, 0.4) is 0 Å². The minimum atomic E-state index is 0.153. The van der Waals surface area contributed by atoms with E-state index in [1.54, 1.807) is 18.7 Å². The Morgan fingerprint density at radius 2 is 2.11 bits per heavy atom. The Morgan fingerprint density at radius 3 is 2.89 bits per heavy atom. The molecule has 8 heteroatoms. The molecule has 8 nitrogen and oxygen atoms in total. The topological polar surface area (TPSA) is 124 Å². The summed E-state index contributed by atoms with van der Waals surface area (Å²) >= 11 is 0. The van der Waals surface area contributed by atoms with Gasteiger partial charge in [-0.1, -0.05) is 0 Å². The van der Waals surface area contributed by atoms with Crippen molar-refractivity contribution >= 4 is 22.9 Å². The normalized spacial score (nSPS) is 11.1. The summed E-state index contributed by atoms with van der Waals surface area (Å²) in [4.78, 5) is 19.4. The first-order valence-electron chi connectivity index (χ1n) is 5.46. The first kappa shape index (κ1) is 10.5. The van der Waals surface area contributed by atoms with Crippen molar-refractivity contribution in [1.29, 1.82) is 0 Å². The molecule has 0 aliphatic rings. The van der Waals surface area contributed by atoms with Crippen LogP contribution >= 0.6 is 0 Å². The third-order valence-corrected chi connectivity index (χ3v) is 2.65. The molecule has 0 atom stereocenters. The lowest BCUT2D eigenvalue weighted by atomic mass is 10.4. The van der Waals surface area contributed by atoms with Gasteiger partial charge < -0.3 is 21.0 Å². The molecule has 0 amide bonds. The summed E-state index contributed by atoms with van der Waals surface area (Å²) in [5.41, 5.74) is 12.5. The number of nitrogens with zero attached hydrogens (tertiary/aromatic N) is 5. The summed E-state index contributed by atoms with van der Waals surface area (Å²) in [5.74, 6) is 1.36. The molecule has 0 radical (unpaired) electrons. The summed E-state index contributed by atoms with van der Waals surface area (Å²) in [6.07, 6.45) is 5.94. The summed E-state index contributed by atoms with van der Waals surface area (Å²) in [5, 5.41) is 0. The number of nitrogens with one attached hydrogen (secondary N) is 1. The number of H-pyrrole nitrogens is 1. The Hall–Kier alpha value is -2.64. The largest absolute Gasteiger partial charge is 0.382 e. The van der Waals surface area contributed by atoms with Crippen molar-refractivity contribution in [1.82, 2.24) is 29.5 Å². The quantitative estimate of drug-likeness (QED) is 0.593. The predicted octanol–water partition coefficient (Wildman–Crippen LogP) is -0.0435. The zero-order valence-corrected chi connectivity index (χ0v) is 9.54. The molecule has 0 aliphatic carbocycles. The van der Waals surface area contributed by atoms with E-state index in [0.29, 0.717) is 23.5 Å². The lowest BCUT2D eigenvalue weighted by Gasteiger charge is -2.02. The molecule has 0 bridgehead atoms. The second-order valence-corrected chi connectivity index (χ2v) is 3.86. The van der Waals surface area contributed by atoms with Gasteiger partial charge in [-0.25, -0.2) is 9.97 Å². The maximum atomic E-state index is 5.74. The van der Waals surface area contributed by atoms with Gasteiger partial charge in [0.15, 0.2) is 11.5 Å². The van der Waals surface area contributed by atoms with Gasteiger partial charge in [0.05, 0.1) is 6.33 Å². The van der Waals surface area contributed by atoms with Crippen molar-refractivity contribution in [3.63, 3.8) is 0 Å². The van der Waals surface area contributed by atoms with E-state index in [9.17, 15) is 0 Å². The highest BCUT2D eigenvalue weighted by molar-refractivity contribution is 5.82. The van der Waals surface area contributed by atoms with Crippen LogP contribution in [0.2, 0.25) is 0 Å². The number of nitrogen functional groups attached to an aromatic ring is 2. The number of nitrogens with two attached hydrogens (primary N) is 2. The minimum Gasteiger partial charge on any atom is -0.382 e. The maximum Gasteiger partial charge on any atom is 0.224 e. The second kappa shape index (κ2) is 3.99. The average Bonchev–Trinajstić information content (AvgIpc) is 2.94. The maximum absolute atomic E-state index is 5.74. The predicted molar refractivity (Wildman–Crippen MR) is 66.4 cm³/mol. The number of anilines is 2. The third-order valence-electron chi connectivity index (χ3n) is 2.65. The number of fused-ring (bicyclic) bond motifs is 1. The van der Waals surface area contributed by atoms with E-state index in [2.05, 4.69) is 24.9 Å². The second-order valence-electron chi connectivity index (χ2n) is 3.86. The molecular weight excluding hydrogens is 232 g/mol. The van der Waals surface area contributed by atoms with Crippen LogP contribution < -0.4 is 11.5 Å². The Balaban J connectivity index is 1.92. The monoisotopic (exact) mass is 244 g/mol. The average molecular weight is 244 g/mol. The Labute approximate surface area is 102 Å². The number of aryl methyl sites for hydroxylation is 2. The number of imidazole rings is 2. The van der Waals surface area contributed by atoms with Gasteiger partial charge in [-0.2, -0.15) is 9.97 Å². The van der Waals surface area contributed by atoms with Gasteiger partial charge in [0.1, 0.15) is 11.3 Å². The molecule has 92 valence electrons. The van der Waals surface area contributed by atoms with Gasteiger partial charge in [-0.05, 0) is 0 Å². The van der Waals surface area contributed by atoms with E-state index in [4.69, 9.17) is 11.5 Å². The number of rotatable bonds is 3. The highest BCUT2D eigenvalue weighted by Crippen LogP contribution is 2.16. The Morgan fingerprint density at radius 1 is 1.22 bits per heavy atom. The lowest BCUT2D eigenvalue weighted by Crippen LogP contribution is -2.05. The summed E-state index contributed by atoms with van der Waals surface area (Å²) in [7, 11) is 0. The van der Waals surface area contributed by atoms with E-state index >= 15 is 0 Å². The third kappa shape index (κ3) is 1.73. The molecule has 0 aliphatic heterocycles. The standard InChI is InChI=1S/C10H12N8/c11-8-7-9(17-10(12)16-8)18(5-15-7)4-1-6-13-2-3-14-6/h2-3,5H,1,4H2,(H,13,14)(H4,11,12,16,17). The van der Waals surface area contributed by atoms with Crippen molar-refractivity contribution < 1.29 is 0 Å². The molecule has 3 heterocycles. The number of aromatic nitrogens is 6. The fraction of sp³-hybridized carbons (Fsp3) is 0.200. The van der Waals surface area contributed by atoms with Crippen molar-refractivity contribution in [3.05, 3.63) is 24.5 Å². The van der Waals surface area contributed by atoms with Crippen LogP contribution in [-0.2, 0) is 13.0 Å². The fourth-order valence-electron chi connectivity index (χ4n) is 1.81. The van der Waals surface area contributed by atoms with Crippen LogP contribution in [0.5, 0.6) is 0 Å². The van der Waals surface area contributed by atoms with E-state index in [0.717, 1.165) is 12.2 Å². The first-order chi connectivity index (χ1) is 8.74. The number of aromatic amines is 1. The van der Waals surface area contributed by atoms with Crippen LogP contribution in [0.4, 0.5) is 11.8 Å². The molecule has 0 saturated heterocycles. The van der Waals surface area contributed by atoms with Crippen LogP contribution in [0, 0.1) is 0 Å². The van der Waals surface area contributed by atoms with Crippen molar-refractivity contribution in [2.24, 2.45) is 0 Å². The summed E-state index contributed by atoms with van der Waals surface area (Å²) < 4.78 is 1.88. The number of hydrogen-bond donors (Lipinski definition) is 3. The van der Waals surface area contributed by atoms with Gasteiger partial charge in [0.25, 0.3) is 0 Å². The summed E-state index contributed by atoms with van der Waals surface area (Å²) in [6, 6.07) is 0. The molecule has 0 fully saturated rings. The summed E-state index contributed by atoms with van der Waals surface area (Å²) in [6.45, 7) is 0.694. The van der Waals surface area contributed by atoms with Gasteiger partial charge >= 0.3 is 0 Å². The smallest absolute Gasteiger partial charge is 0.224 e. The molecule has 5 N–H and O–H groups in total. The van der Waals surface area contributed by atoms with Crippen LogP contribution in [0.25, 0.3) is 11.2 Å². The Bertz CT molecular complexity index is 669. The van der Waals surface area contributed by atoms with E-state index in [1.165, 1.54) is 0 Å². The van der Waals surface area contributed by atoms with Gasteiger partial charge in [-0.3, -0.25) is 0 Å². The van der Waals surface area contributed by atoms with Crippen molar-refractivity contribution in [3.8, 4) is 0 Å². The molecule has 0 saturated carbocycles. The highest BCUT2D eigenvalue weighted by atomic mass is 15.2.